The van der Waals surface area contributed by atoms with Gasteiger partial charge in [-0.05, 0) is 53.3 Å². The maximum Gasteiger partial charge on any atom is 0.573 e. The molecule has 1 atom stereocenters. The van der Waals surface area contributed by atoms with Gasteiger partial charge in [0.05, 0.1) is 17.1 Å². The van der Waals surface area contributed by atoms with E-state index in [0.29, 0.717) is 22.2 Å². The van der Waals surface area contributed by atoms with Crippen molar-refractivity contribution < 1.29 is 23.0 Å². The van der Waals surface area contributed by atoms with Crippen molar-refractivity contribution in [1.82, 2.24) is 9.97 Å². The number of nitrogens with zero attached hydrogens (tertiary/aromatic N) is 2. The number of hydrogen-bond donors (Lipinski definition) is 1. The minimum absolute atomic E-state index is 0.290. The van der Waals surface area contributed by atoms with Crippen LogP contribution in [0.3, 0.4) is 0 Å². The Kier molecular flexibility index (Phi) is 4.83. The molecule has 0 amide bonds. The highest BCUT2D eigenvalue weighted by Gasteiger charge is 2.31. The van der Waals surface area contributed by atoms with E-state index < -0.39 is 12.5 Å². The Bertz CT molecular complexity index is 912. The summed E-state index contributed by atoms with van der Waals surface area (Å²) in [6.45, 7) is 1.65. The maximum atomic E-state index is 12.3. The summed E-state index contributed by atoms with van der Waals surface area (Å²) in [5.74, 6) is -0.290. The van der Waals surface area contributed by atoms with Crippen LogP contribution in [0.25, 0.3) is 22.2 Å². The van der Waals surface area contributed by atoms with Crippen molar-refractivity contribution in [2.45, 2.75) is 19.4 Å². The Hall–Kier alpha value is -1.94. The third kappa shape index (κ3) is 3.84. The molecule has 2 aromatic carbocycles. The zero-order chi connectivity index (χ0) is 18.2. The molecule has 3 rings (SSSR count). The van der Waals surface area contributed by atoms with E-state index >= 15 is 0 Å². The number of fused-ring (bicyclic) bond motifs is 1. The molecule has 8 heteroatoms. The highest BCUT2D eigenvalue weighted by Crippen LogP contribution is 2.35. The van der Waals surface area contributed by atoms with Crippen molar-refractivity contribution in [1.29, 1.82) is 0 Å². The first-order valence-electron chi connectivity index (χ1n) is 7.23. The second kappa shape index (κ2) is 6.75. The van der Waals surface area contributed by atoms with Crippen molar-refractivity contribution in [2.75, 3.05) is 0 Å². The molecule has 1 aromatic heterocycles. The van der Waals surface area contributed by atoms with Gasteiger partial charge in [0.15, 0.2) is 0 Å². The Morgan fingerprint density at radius 3 is 2.24 bits per heavy atom. The van der Waals surface area contributed by atoms with Crippen LogP contribution in [0.4, 0.5) is 13.2 Å². The number of alkyl halides is 3. The van der Waals surface area contributed by atoms with E-state index in [9.17, 15) is 18.3 Å². The van der Waals surface area contributed by atoms with Crippen LogP contribution in [0.15, 0.2) is 42.7 Å². The summed E-state index contributed by atoms with van der Waals surface area (Å²) in [7, 11) is 0. The summed E-state index contributed by atoms with van der Waals surface area (Å²) in [6.07, 6.45) is -2.38. The van der Waals surface area contributed by atoms with E-state index in [4.69, 9.17) is 0 Å². The first-order valence-corrected chi connectivity index (χ1v) is 8.31. The lowest BCUT2D eigenvalue weighted by Gasteiger charge is -2.15. The van der Waals surface area contributed by atoms with Crippen LogP contribution in [-0.2, 0) is 0 Å². The molecule has 1 heterocycles. The number of aromatic nitrogens is 2. The summed E-state index contributed by atoms with van der Waals surface area (Å²) in [6, 6.07) is 7.39. The normalized spacial score (nSPS) is 13.0. The number of halogens is 4. The van der Waals surface area contributed by atoms with Crippen molar-refractivity contribution in [3.63, 3.8) is 0 Å². The van der Waals surface area contributed by atoms with Crippen molar-refractivity contribution >= 4 is 33.6 Å². The quantitative estimate of drug-likeness (QED) is 0.568. The molecule has 4 nitrogen and oxygen atoms in total. The number of hydrogen-bond acceptors (Lipinski definition) is 4. The predicted octanol–water partition coefficient (Wildman–Crippen LogP) is 4.85. The average molecular weight is 460 g/mol. The summed E-state index contributed by atoms with van der Waals surface area (Å²) in [5, 5.41) is 10.0. The van der Waals surface area contributed by atoms with Gasteiger partial charge < -0.3 is 9.84 Å². The van der Waals surface area contributed by atoms with E-state index in [1.54, 1.807) is 6.92 Å². The fraction of sp³-hybridized carbons (Fsp3) is 0.176. The minimum atomic E-state index is -4.73. The van der Waals surface area contributed by atoms with Gasteiger partial charge in [0, 0.05) is 27.1 Å². The van der Waals surface area contributed by atoms with Gasteiger partial charge in [-0.3, -0.25) is 9.97 Å². The third-order valence-electron chi connectivity index (χ3n) is 3.55. The molecular weight excluding hydrogens is 448 g/mol. The number of aliphatic hydroxyl groups excluding tert-OH is 1. The Morgan fingerprint density at radius 1 is 1.08 bits per heavy atom. The first kappa shape index (κ1) is 17.9. The monoisotopic (exact) mass is 460 g/mol. The molecule has 0 aliphatic heterocycles. The van der Waals surface area contributed by atoms with Gasteiger partial charge >= 0.3 is 6.36 Å². The molecule has 0 bridgehead atoms. The lowest BCUT2D eigenvalue weighted by Crippen LogP contribution is -2.16. The van der Waals surface area contributed by atoms with Crippen LogP contribution >= 0.6 is 22.6 Å². The summed E-state index contributed by atoms with van der Waals surface area (Å²) >= 11 is 2.10. The van der Waals surface area contributed by atoms with Gasteiger partial charge in [0.2, 0.25) is 0 Å². The third-order valence-corrected chi connectivity index (χ3v) is 4.45. The Balaban J connectivity index is 2.12. The summed E-state index contributed by atoms with van der Waals surface area (Å²) in [5.41, 5.74) is 3.20. The fourth-order valence-corrected chi connectivity index (χ4v) is 3.59. The van der Waals surface area contributed by atoms with Gasteiger partial charge in [0.1, 0.15) is 5.75 Å². The van der Waals surface area contributed by atoms with E-state index in [1.165, 1.54) is 36.7 Å². The van der Waals surface area contributed by atoms with Crippen molar-refractivity contribution in [3.8, 4) is 16.9 Å². The number of aliphatic hydroxyl groups is 1. The van der Waals surface area contributed by atoms with Crippen LogP contribution < -0.4 is 4.74 Å². The zero-order valence-corrected chi connectivity index (χ0v) is 15.0. The van der Waals surface area contributed by atoms with Crippen LogP contribution in [0, 0.1) is 3.57 Å². The molecule has 0 aliphatic rings. The van der Waals surface area contributed by atoms with Crippen molar-refractivity contribution in [2.24, 2.45) is 0 Å². The smallest absolute Gasteiger partial charge is 0.406 e. The van der Waals surface area contributed by atoms with Gasteiger partial charge in [-0.25, -0.2) is 0 Å². The highest BCUT2D eigenvalue weighted by molar-refractivity contribution is 14.1. The molecular formula is C17H12F3IN2O2. The van der Waals surface area contributed by atoms with E-state index in [1.807, 2.05) is 6.07 Å². The minimum Gasteiger partial charge on any atom is -0.406 e. The van der Waals surface area contributed by atoms with Crippen molar-refractivity contribution in [3.05, 3.63) is 51.9 Å². The molecule has 0 fully saturated rings. The van der Waals surface area contributed by atoms with Crippen LogP contribution in [-0.4, -0.2) is 21.4 Å². The van der Waals surface area contributed by atoms with Gasteiger partial charge in [-0.15, -0.1) is 13.2 Å². The van der Waals surface area contributed by atoms with E-state index in [-0.39, 0.29) is 5.75 Å². The Morgan fingerprint density at radius 2 is 1.68 bits per heavy atom. The largest absolute Gasteiger partial charge is 0.573 e. The fourth-order valence-electron chi connectivity index (χ4n) is 2.57. The lowest BCUT2D eigenvalue weighted by molar-refractivity contribution is -0.274. The molecule has 0 aliphatic carbocycles. The molecule has 0 saturated heterocycles. The summed E-state index contributed by atoms with van der Waals surface area (Å²) < 4.78 is 41.5. The predicted molar refractivity (Wildman–Crippen MR) is 95.0 cm³/mol. The molecule has 1 unspecified atom stereocenters. The zero-order valence-electron chi connectivity index (χ0n) is 12.9. The highest BCUT2D eigenvalue weighted by atomic mass is 127. The second-order valence-corrected chi connectivity index (χ2v) is 6.48. The number of ether oxygens (including phenoxy) is 1. The molecule has 0 radical (unpaired) electrons. The van der Waals surface area contributed by atoms with Gasteiger partial charge in [-0.2, -0.15) is 0 Å². The van der Waals surface area contributed by atoms with Gasteiger partial charge in [0.25, 0.3) is 0 Å². The average Bonchev–Trinajstić information content (AvgIpc) is 2.53. The van der Waals surface area contributed by atoms with Gasteiger partial charge in [-0.1, -0.05) is 12.1 Å². The van der Waals surface area contributed by atoms with E-state index in [2.05, 4.69) is 37.3 Å². The topological polar surface area (TPSA) is 55.2 Å². The second-order valence-electron chi connectivity index (χ2n) is 5.32. The summed E-state index contributed by atoms with van der Waals surface area (Å²) in [4.78, 5) is 8.65. The number of rotatable bonds is 3. The molecule has 25 heavy (non-hydrogen) atoms. The standard InChI is InChI=1S/C17H12F3IN2O2/c1-9(24)14-13(21)8-12(15-16(14)23-7-6-22-15)10-2-4-11(5-3-10)25-17(18,19)20/h2-9,24H,1H3. The Labute approximate surface area is 154 Å². The maximum absolute atomic E-state index is 12.3. The van der Waals surface area contributed by atoms with Crippen LogP contribution in [0.1, 0.15) is 18.6 Å². The van der Waals surface area contributed by atoms with Crippen LogP contribution in [0.2, 0.25) is 0 Å². The molecule has 1 N–H and O–H groups in total. The SMILES string of the molecule is CC(O)c1c(I)cc(-c2ccc(OC(F)(F)F)cc2)c2nccnc12. The van der Waals surface area contributed by atoms with E-state index in [0.717, 1.165) is 9.13 Å². The molecule has 3 aromatic rings. The lowest BCUT2D eigenvalue weighted by atomic mass is 9.99. The number of benzene rings is 2. The molecule has 130 valence electrons. The van der Waals surface area contributed by atoms with Crippen LogP contribution in [0.5, 0.6) is 5.75 Å². The molecule has 0 saturated carbocycles. The first-order chi connectivity index (χ1) is 11.8. The molecule has 0 spiro atoms.